The maximum absolute atomic E-state index is 11.9. The number of rotatable bonds is 1. The van der Waals surface area contributed by atoms with Crippen molar-refractivity contribution in [1.82, 2.24) is 4.90 Å². The Morgan fingerprint density at radius 3 is 2.59 bits per heavy atom. The van der Waals surface area contributed by atoms with Crippen LogP contribution in [-0.4, -0.2) is 36.0 Å². The monoisotopic (exact) mass is 239 g/mol. The van der Waals surface area contributed by atoms with Gasteiger partial charge in [-0.2, -0.15) is 0 Å². The summed E-state index contributed by atoms with van der Waals surface area (Å²) < 4.78 is 5.37. The summed E-state index contributed by atoms with van der Waals surface area (Å²) in [7, 11) is 0. The molecule has 0 aromatic heterocycles. The fraction of sp³-hybridized carbons (Fsp3) is 0.846. The van der Waals surface area contributed by atoms with Crippen LogP contribution in [0.4, 0.5) is 4.79 Å². The molecular weight excluding hydrogens is 218 g/mol. The molecule has 1 heterocycles. The van der Waals surface area contributed by atoms with Gasteiger partial charge in [0.05, 0.1) is 0 Å². The highest BCUT2D eigenvalue weighted by Crippen LogP contribution is 2.40. The minimum Gasteiger partial charge on any atom is -0.444 e. The third kappa shape index (κ3) is 2.79. The number of amides is 1. The molecule has 4 heteroatoms. The molecule has 1 saturated carbocycles. The third-order valence-electron chi connectivity index (χ3n) is 3.61. The predicted octanol–water partition coefficient (Wildman–Crippen LogP) is 2.08. The molecule has 1 amide bonds. The molecule has 2 rings (SSSR count). The molecule has 2 fully saturated rings. The third-order valence-corrected chi connectivity index (χ3v) is 3.61. The molecule has 0 spiro atoms. The lowest BCUT2D eigenvalue weighted by molar-refractivity contribution is -0.112. The average Bonchev–Trinajstić information content (AvgIpc) is 2.50. The average molecular weight is 239 g/mol. The molecule has 1 saturated heterocycles. The zero-order valence-electron chi connectivity index (χ0n) is 10.8. The molecule has 2 aliphatic rings. The van der Waals surface area contributed by atoms with Gasteiger partial charge in [0.2, 0.25) is 0 Å². The van der Waals surface area contributed by atoms with Gasteiger partial charge in [0.25, 0.3) is 0 Å². The highest BCUT2D eigenvalue weighted by Gasteiger charge is 2.42. The van der Waals surface area contributed by atoms with Crippen LogP contribution in [-0.2, 0) is 9.53 Å². The number of fused-ring (bicyclic) bond motifs is 2. The van der Waals surface area contributed by atoms with E-state index in [4.69, 9.17) is 4.74 Å². The zero-order valence-corrected chi connectivity index (χ0v) is 10.8. The molecule has 2 bridgehead atoms. The number of likely N-dealkylation sites (tertiary alicyclic amines) is 1. The Morgan fingerprint density at radius 1 is 1.29 bits per heavy atom. The number of carbonyl (C=O) groups excluding carboxylic acids is 2. The number of ether oxygens (including phenoxy) is 1. The molecule has 17 heavy (non-hydrogen) atoms. The highest BCUT2D eigenvalue weighted by atomic mass is 16.6. The second-order valence-corrected chi connectivity index (χ2v) is 6.28. The van der Waals surface area contributed by atoms with Crippen molar-refractivity contribution in [2.24, 2.45) is 17.8 Å². The Hall–Kier alpha value is -1.06. The first-order chi connectivity index (χ1) is 7.89. The molecule has 96 valence electrons. The summed E-state index contributed by atoms with van der Waals surface area (Å²) in [5, 5.41) is 0. The fourth-order valence-corrected chi connectivity index (χ4v) is 2.95. The standard InChI is InChI=1S/C13H21NO3/c1-13(2,3)17-12(16)14-6-9-4-10(7-14)11(5-9)8-15/h8-11H,4-7H2,1-3H3/t9-,10-,11+/m0/s1. The Labute approximate surface area is 102 Å². The Morgan fingerprint density at radius 2 is 2.00 bits per heavy atom. The van der Waals surface area contributed by atoms with Crippen molar-refractivity contribution in [3.63, 3.8) is 0 Å². The molecule has 4 nitrogen and oxygen atoms in total. The number of aldehydes is 1. The molecule has 0 unspecified atom stereocenters. The summed E-state index contributed by atoms with van der Waals surface area (Å²) in [6.07, 6.45) is 2.85. The molecule has 1 aliphatic heterocycles. The van der Waals surface area contributed by atoms with Gasteiger partial charge in [-0.15, -0.1) is 0 Å². The van der Waals surface area contributed by atoms with E-state index in [0.717, 1.165) is 25.7 Å². The van der Waals surface area contributed by atoms with E-state index in [-0.39, 0.29) is 12.0 Å². The van der Waals surface area contributed by atoms with Gasteiger partial charge in [0.1, 0.15) is 11.9 Å². The Kier molecular flexibility index (Phi) is 3.15. The maximum atomic E-state index is 11.9. The van der Waals surface area contributed by atoms with Crippen molar-refractivity contribution in [3.05, 3.63) is 0 Å². The number of hydrogen-bond acceptors (Lipinski definition) is 3. The van der Waals surface area contributed by atoms with Crippen LogP contribution in [0.15, 0.2) is 0 Å². The minimum absolute atomic E-state index is 0.146. The molecule has 3 atom stereocenters. The van der Waals surface area contributed by atoms with Crippen LogP contribution in [0.3, 0.4) is 0 Å². The first-order valence-corrected chi connectivity index (χ1v) is 6.32. The van der Waals surface area contributed by atoms with E-state index >= 15 is 0 Å². The van der Waals surface area contributed by atoms with Crippen molar-refractivity contribution in [2.45, 2.75) is 39.2 Å². The Balaban J connectivity index is 1.97. The van der Waals surface area contributed by atoms with Crippen LogP contribution in [0.5, 0.6) is 0 Å². The number of piperidine rings is 1. The van der Waals surface area contributed by atoms with E-state index < -0.39 is 5.60 Å². The van der Waals surface area contributed by atoms with Crippen LogP contribution in [0, 0.1) is 17.8 Å². The molecule has 0 N–H and O–H groups in total. The number of nitrogens with zero attached hydrogens (tertiary/aromatic N) is 1. The first-order valence-electron chi connectivity index (χ1n) is 6.32. The predicted molar refractivity (Wildman–Crippen MR) is 63.6 cm³/mol. The molecule has 0 aromatic rings. The van der Waals surface area contributed by atoms with Gasteiger partial charge in [-0.3, -0.25) is 0 Å². The lowest BCUT2D eigenvalue weighted by Gasteiger charge is -2.33. The largest absolute Gasteiger partial charge is 0.444 e. The minimum atomic E-state index is -0.447. The number of hydrogen-bond donors (Lipinski definition) is 0. The smallest absolute Gasteiger partial charge is 0.410 e. The van der Waals surface area contributed by atoms with E-state index in [2.05, 4.69) is 0 Å². The lowest BCUT2D eigenvalue weighted by atomic mass is 9.95. The Bertz CT molecular complexity index is 321. The topological polar surface area (TPSA) is 46.6 Å². The highest BCUT2D eigenvalue weighted by molar-refractivity contribution is 5.68. The van der Waals surface area contributed by atoms with Crippen LogP contribution >= 0.6 is 0 Å². The van der Waals surface area contributed by atoms with Crippen molar-refractivity contribution in [2.75, 3.05) is 13.1 Å². The van der Waals surface area contributed by atoms with Crippen molar-refractivity contribution in [1.29, 1.82) is 0 Å². The SMILES string of the molecule is CC(C)(C)OC(=O)N1C[C@H]2C[C@@H](C1)[C@@H](C=O)C2. The zero-order chi connectivity index (χ0) is 12.6. The molecular formula is C13H21NO3. The summed E-state index contributed by atoms with van der Waals surface area (Å²) in [4.78, 5) is 24.6. The van der Waals surface area contributed by atoms with E-state index in [1.165, 1.54) is 0 Å². The molecule has 0 aromatic carbocycles. The summed E-state index contributed by atoms with van der Waals surface area (Å²) in [6.45, 7) is 7.04. The van der Waals surface area contributed by atoms with Gasteiger partial charge in [0.15, 0.2) is 0 Å². The van der Waals surface area contributed by atoms with Crippen LogP contribution in [0.25, 0.3) is 0 Å². The van der Waals surface area contributed by atoms with Crippen molar-refractivity contribution < 1.29 is 14.3 Å². The van der Waals surface area contributed by atoms with Crippen molar-refractivity contribution >= 4 is 12.4 Å². The summed E-state index contributed by atoms with van der Waals surface area (Å²) in [5.74, 6) is 0.975. The maximum Gasteiger partial charge on any atom is 0.410 e. The summed E-state index contributed by atoms with van der Waals surface area (Å²) >= 11 is 0. The van der Waals surface area contributed by atoms with Gasteiger partial charge >= 0.3 is 6.09 Å². The van der Waals surface area contributed by atoms with E-state index in [1.54, 1.807) is 4.90 Å². The molecule has 0 radical (unpaired) electrons. The van der Waals surface area contributed by atoms with Gasteiger partial charge in [-0.05, 0) is 45.4 Å². The van der Waals surface area contributed by atoms with Crippen LogP contribution < -0.4 is 0 Å². The van der Waals surface area contributed by atoms with E-state index in [0.29, 0.717) is 18.4 Å². The quantitative estimate of drug-likeness (QED) is 0.658. The van der Waals surface area contributed by atoms with E-state index in [9.17, 15) is 9.59 Å². The molecule has 1 aliphatic carbocycles. The van der Waals surface area contributed by atoms with Gasteiger partial charge in [0, 0.05) is 19.0 Å². The van der Waals surface area contributed by atoms with Gasteiger partial charge < -0.3 is 14.4 Å². The van der Waals surface area contributed by atoms with Crippen molar-refractivity contribution in [3.8, 4) is 0 Å². The summed E-state index contributed by atoms with van der Waals surface area (Å²) in [6, 6.07) is 0. The first kappa shape index (κ1) is 12.4. The van der Waals surface area contributed by atoms with E-state index in [1.807, 2.05) is 20.8 Å². The van der Waals surface area contributed by atoms with Gasteiger partial charge in [-0.25, -0.2) is 4.79 Å². The number of carbonyl (C=O) groups is 2. The van der Waals surface area contributed by atoms with Crippen LogP contribution in [0.2, 0.25) is 0 Å². The normalized spacial score (nSPS) is 32.4. The van der Waals surface area contributed by atoms with Gasteiger partial charge in [-0.1, -0.05) is 0 Å². The van der Waals surface area contributed by atoms with Crippen LogP contribution in [0.1, 0.15) is 33.6 Å². The lowest BCUT2D eigenvalue weighted by Crippen LogP contribution is -2.44. The second-order valence-electron chi connectivity index (χ2n) is 6.28. The summed E-state index contributed by atoms with van der Waals surface area (Å²) in [5.41, 5.74) is -0.447. The second kappa shape index (κ2) is 4.31. The fourth-order valence-electron chi connectivity index (χ4n) is 2.95.